The first kappa shape index (κ1) is 13.6. The Labute approximate surface area is 141 Å². The lowest BCUT2D eigenvalue weighted by atomic mass is 10.2. The van der Waals surface area contributed by atoms with Crippen molar-refractivity contribution in [2.75, 3.05) is 0 Å². The van der Waals surface area contributed by atoms with Crippen LogP contribution in [0.2, 0.25) is 0 Å². The molecule has 24 heavy (non-hydrogen) atoms. The van der Waals surface area contributed by atoms with Crippen molar-refractivity contribution in [3.8, 4) is 0 Å². The minimum atomic E-state index is 0.861. The first-order valence-electron chi connectivity index (χ1n) is 7.64. The third-order valence-corrected chi connectivity index (χ3v) is 5.25. The number of hydrogen-bond donors (Lipinski definition) is 1. The van der Waals surface area contributed by atoms with Crippen molar-refractivity contribution in [2.24, 2.45) is 0 Å². The molecule has 0 saturated heterocycles. The van der Waals surface area contributed by atoms with Gasteiger partial charge < -0.3 is 4.98 Å². The Kier molecular flexibility index (Phi) is 2.87. The highest BCUT2D eigenvalue weighted by Crippen LogP contribution is 2.34. The third-order valence-electron chi connectivity index (χ3n) is 4.09. The quantitative estimate of drug-likeness (QED) is 0.526. The van der Waals surface area contributed by atoms with Gasteiger partial charge >= 0.3 is 0 Å². The van der Waals surface area contributed by atoms with Crippen LogP contribution in [0.5, 0.6) is 0 Å². The monoisotopic (exact) mass is 331 g/mol. The summed E-state index contributed by atoms with van der Waals surface area (Å²) < 4.78 is 1.91. The van der Waals surface area contributed by atoms with Crippen LogP contribution in [-0.2, 0) is 0 Å². The highest BCUT2D eigenvalue weighted by molar-refractivity contribution is 7.99. The van der Waals surface area contributed by atoms with Crippen LogP contribution in [0.3, 0.4) is 0 Å². The summed E-state index contributed by atoms with van der Waals surface area (Å²) in [5.41, 5.74) is 3.89. The van der Waals surface area contributed by atoms with Gasteiger partial charge in [0.05, 0.1) is 10.6 Å². The van der Waals surface area contributed by atoms with Gasteiger partial charge in [-0.05, 0) is 25.1 Å². The van der Waals surface area contributed by atoms with Crippen LogP contribution < -0.4 is 0 Å². The summed E-state index contributed by atoms with van der Waals surface area (Å²) >= 11 is 1.64. The molecule has 0 bridgehead atoms. The number of benzene rings is 1. The molecule has 0 saturated carbocycles. The number of rotatable bonds is 2. The number of aryl methyl sites for hydroxylation is 1. The van der Waals surface area contributed by atoms with E-state index in [4.69, 9.17) is 5.10 Å². The summed E-state index contributed by atoms with van der Waals surface area (Å²) in [7, 11) is 0. The van der Waals surface area contributed by atoms with Gasteiger partial charge in [0.1, 0.15) is 5.65 Å². The van der Waals surface area contributed by atoms with Gasteiger partial charge in [0, 0.05) is 39.8 Å². The molecule has 1 aromatic carbocycles. The highest BCUT2D eigenvalue weighted by Gasteiger charge is 2.16. The van der Waals surface area contributed by atoms with Crippen molar-refractivity contribution >= 4 is 39.3 Å². The predicted octanol–water partition coefficient (Wildman–Crippen LogP) is 4.22. The van der Waals surface area contributed by atoms with E-state index in [0.717, 1.165) is 43.1 Å². The number of H-pyrrole nitrogens is 1. The van der Waals surface area contributed by atoms with Crippen LogP contribution in [0.1, 0.15) is 5.69 Å². The molecule has 5 aromatic rings. The number of nitrogens with zero attached hydrogens (tertiary/aromatic N) is 4. The molecule has 4 heterocycles. The van der Waals surface area contributed by atoms with Crippen LogP contribution in [0, 0.1) is 6.92 Å². The van der Waals surface area contributed by atoms with Crippen LogP contribution >= 0.6 is 11.8 Å². The summed E-state index contributed by atoms with van der Waals surface area (Å²) in [4.78, 5) is 14.5. The van der Waals surface area contributed by atoms with Crippen molar-refractivity contribution in [3.05, 3.63) is 60.7 Å². The molecule has 0 unspecified atom stereocenters. The van der Waals surface area contributed by atoms with E-state index in [1.165, 1.54) is 0 Å². The van der Waals surface area contributed by atoms with Crippen LogP contribution in [-0.4, -0.2) is 24.6 Å². The van der Waals surface area contributed by atoms with Gasteiger partial charge in [-0.15, -0.1) is 0 Å². The zero-order chi connectivity index (χ0) is 16.1. The van der Waals surface area contributed by atoms with E-state index in [1.807, 2.05) is 48.1 Å². The second-order valence-corrected chi connectivity index (χ2v) is 6.72. The Morgan fingerprint density at radius 3 is 2.83 bits per heavy atom. The summed E-state index contributed by atoms with van der Waals surface area (Å²) in [6.45, 7) is 2.02. The lowest BCUT2D eigenvalue weighted by molar-refractivity contribution is 0.944. The van der Waals surface area contributed by atoms with E-state index >= 15 is 0 Å². The SMILES string of the molecule is Cc1nn2c(ncc3c4ccccc4[nH]c32)c1Sc1cccnc1. The van der Waals surface area contributed by atoms with E-state index in [-0.39, 0.29) is 0 Å². The van der Waals surface area contributed by atoms with Crippen LogP contribution in [0.25, 0.3) is 27.6 Å². The van der Waals surface area contributed by atoms with E-state index in [1.54, 1.807) is 18.0 Å². The molecule has 0 radical (unpaired) electrons. The van der Waals surface area contributed by atoms with Gasteiger partial charge in [0.15, 0.2) is 5.65 Å². The Hall–Kier alpha value is -2.86. The van der Waals surface area contributed by atoms with Gasteiger partial charge in [-0.3, -0.25) is 4.98 Å². The fourth-order valence-electron chi connectivity index (χ4n) is 2.99. The molecule has 0 aliphatic carbocycles. The predicted molar refractivity (Wildman–Crippen MR) is 95.4 cm³/mol. The largest absolute Gasteiger partial charge is 0.339 e. The standard InChI is InChI=1S/C18H13N5S/c1-11-16(24-12-5-4-8-19-9-12)18-20-10-14-13-6-2-3-7-15(13)21-17(14)23(18)22-11/h2-10,21H,1H3. The molecule has 0 amide bonds. The molecule has 0 aliphatic heterocycles. The van der Waals surface area contributed by atoms with Crippen LogP contribution in [0.4, 0.5) is 0 Å². The summed E-state index contributed by atoms with van der Waals surface area (Å²) in [5, 5.41) is 6.96. The molecule has 116 valence electrons. The Bertz CT molecular complexity index is 1190. The lowest BCUT2D eigenvalue weighted by Gasteiger charge is -2.00. The van der Waals surface area contributed by atoms with Crippen molar-refractivity contribution in [2.45, 2.75) is 16.7 Å². The van der Waals surface area contributed by atoms with Crippen molar-refractivity contribution in [3.63, 3.8) is 0 Å². The number of aromatic amines is 1. The number of aromatic nitrogens is 5. The second kappa shape index (κ2) is 5.07. The van der Waals surface area contributed by atoms with Crippen molar-refractivity contribution < 1.29 is 0 Å². The van der Waals surface area contributed by atoms with E-state index in [2.05, 4.69) is 27.1 Å². The van der Waals surface area contributed by atoms with Crippen molar-refractivity contribution in [1.29, 1.82) is 0 Å². The molecule has 0 fully saturated rings. The number of para-hydroxylation sites is 1. The molecule has 1 N–H and O–H groups in total. The molecule has 0 spiro atoms. The van der Waals surface area contributed by atoms with Crippen LogP contribution in [0.15, 0.2) is 64.8 Å². The summed E-state index contributed by atoms with van der Waals surface area (Å²) in [5.74, 6) is 0. The van der Waals surface area contributed by atoms with Gasteiger partial charge in [-0.1, -0.05) is 30.0 Å². The maximum atomic E-state index is 4.71. The summed E-state index contributed by atoms with van der Waals surface area (Å²) in [6, 6.07) is 12.2. The number of hydrogen-bond acceptors (Lipinski definition) is 4. The lowest BCUT2D eigenvalue weighted by Crippen LogP contribution is -1.92. The second-order valence-electron chi connectivity index (χ2n) is 5.63. The third kappa shape index (κ3) is 1.93. The Morgan fingerprint density at radius 1 is 1.04 bits per heavy atom. The average molecular weight is 331 g/mol. The number of fused-ring (bicyclic) bond motifs is 5. The highest BCUT2D eigenvalue weighted by atomic mass is 32.2. The molecular formula is C18H13N5S. The van der Waals surface area contributed by atoms with Gasteiger partial charge in [0.25, 0.3) is 0 Å². The fourth-order valence-corrected chi connectivity index (χ4v) is 3.90. The molecular weight excluding hydrogens is 318 g/mol. The molecule has 0 atom stereocenters. The van der Waals surface area contributed by atoms with Gasteiger partial charge in [0.2, 0.25) is 0 Å². The topological polar surface area (TPSA) is 58.9 Å². The molecule has 4 aromatic heterocycles. The van der Waals surface area contributed by atoms with Crippen molar-refractivity contribution in [1.82, 2.24) is 24.6 Å². The van der Waals surface area contributed by atoms with Gasteiger partial charge in [-0.2, -0.15) is 9.61 Å². The first-order chi connectivity index (χ1) is 11.8. The van der Waals surface area contributed by atoms with Gasteiger partial charge in [-0.25, -0.2) is 4.98 Å². The first-order valence-corrected chi connectivity index (χ1v) is 8.45. The van der Waals surface area contributed by atoms with E-state index in [0.29, 0.717) is 0 Å². The summed E-state index contributed by atoms with van der Waals surface area (Å²) in [6.07, 6.45) is 5.56. The Morgan fingerprint density at radius 2 is 1.96 bits per heavy atom. The van der Waals surface area contributed by atoms with E-state index in [9.17, 15) is 0 Å². The molecule has 0 aliphatic rings. The minimum absolute atomic E-state index is 0.861. The minimum Gasteiger partial charge on any atom is -0.339 e. The fraction of sp³-hybridized carbons (Fsp3) is 0.0556. The smallest absolute Gasteiger partial charge is 0.171 e. The van der Waals surface area contributed by atoms with E-state index < -0.39 is 0 Å². The molecule has 5 rings (SSSR count). The maximum Gasteiger partial charge on any atom is 0.171 e. The Balaban J connectivity index is 1.78. The number of pyridine rings is 1. The number of nitrogens with one attached hydrogen (secondary N) is 1. The molecule has 5 nitrogen and oxygen atoms in total. The zero-order valence-electron chi connectivity index (χ0n) is 12.9. The molecule has 6 heteroatoms. The maximum absolute atomic E-state index is 4.71. The zero-order valence-corrected chi connectivity index (χ0v) is 13.7. The normalized spacial score (nSPS) is 11.7. The average Bonchev–Trinajstić information content (AvgIpc) is 3.14.